The van der Waals surface area contributed by atoms with Crippen LogP contribution in [0.4, 0.5) is 13.2 Å². The van der Waals surface area contributed by atoms with Crippen LogP contribution in [0.1, 0.15) is 31.4 Å². The topological polar surface area (TPSA) is 46.3 Å². The van der Waals surface area contributed by atoms with Crippen LogP contribution in [0.5, 0.6) is 0 Å². The van der Waals surface area contributed by atoms with Gasteiger partial charge in [-0.1, -0.05) is 18.2 Å². The number of alkyl halides is 3. The average molecular weight is 351 g/mol. The molecule has 1 aliphatic rings. The van der Waals surface area contributed by atoms with Crippen LogP contribution in [-0.4, -0.2) is 30.4 Å². The fraction of sp³-hybridized carbons (Fsp3) is 0.562. The summed E-state index contributed by atoms with van der Waals surface area (Å²) in [6.45, 7) is 5.05. The smallest absolute Gasteiger partial charge is 0.342 e. The van der Waals surface area contributed by atoms with Gasteiger partial charge in [-0.3, -0.25) is 4.79 Å². The average Bonchev–Trinajstić information content (AvgIpc) is 2.94. The van der Waals surface area contributed by atoms with Gasteiger partial charge in [-0.15, -0.1) is 12.4 Å². The molecule has 1 aliphatic heterocycles. The lowest BCUT2D eigenvalue weighted by molar-refractivity contribution is -0.138. The molecule has 1 aromatic rings. The number of halogens is 4. The number of likely N-dealkylation sites (tertiary alicyclic amines) is 1. The van der Waals surface area contributed by atoms with Gasteiger partial charge < -0.3 is 10.6 Å². The highest BCUT2D eigenvalue weighted by molar-refractivity contribution is 5.87. The molecule has 2 rings (SSSR count). The normalized spacial score (nSPS) is 18.7. The molecule has 0 aromatic heterocycles. The predicted octanol–water partition coefficient (Wildman–Crippen LogP) is 3.21. The molecule has 0 bridgehead atoms. The van der Waals surface area contributed by atoms with Gasteiger partial charge in [0.25, 0.3) is 0 Å². The van der Waals surface area contributed by atoms with Crippen LogP contribution in [0.3, 0.4) is 0 Å². The zero-order valence-electron chi connectivity index (χ0n) is 13.2. The SMILES string of the molecule is CC(C)(C(=O)N1CCC(CN)C1)c1cccc(C(F)(F)F)c1.Cl. The molecule has 0 aliphatic carbocycles. The molecular formula is C16H22ClF3N2O. The summed E-state index contributed by atoms with van der Waals surface area (Å²) in [4.78, 5) is 14.4. The van der Waals surface area contributed by atoms with E-state index in [1.54, 1.807) is 24.8 Å². The minimum Gasteiger partial charge on any atom is -0.342 e. The van der Waals surface area contributed by atoms with Crippen molar-refractivity contribution in [1.82, 2.24) is 4.90 Å². The molecule has 3 nitrogen and oxygen atoms in total. The molecule has 0 spiro atoms. The third-order valence-electron chi connectivity index (χ3n) is 4.35. The van der Waals surface area contributed by atoms with Crippen LogP contribution in [0.25, 0.3) is 0 Å². The first-order chi connectivity index (χ1) is 10.2. The summed E-state index contributed by atoms with van der Waals surface area (Å²) in [5.74, 6) is 0.129. The summed E-state index contributed by atoms with van der Waals surface area (Å²) < 4.78 is 38.5. The van der Waals surface area contributed by atoms with Crippen molar-refractivity contribution in [2.24, 2.45) is 11.7 Å². The summed E-state index contributed by atoms with van der Waals surface area (Å²) in [6, 6.07) is 5.00. The molecule has 1 fully saturated rings. The van der Waals surface area contributed by atoms with Crippen LogP contribution in [0, 0.1) is 5.92 Å². The lowest BCUT2D eigenvalue weighted by atomic mass is 9.82. The number of carbonyl (C=O) groups is 1. The highest BCUT2D eigenvalue weighted by Crippen LogP contribution is 2.34. The van der Waals surface area contributed by atoms with E-state index < -0.39 is 17.2 Å². The first kappa shape index (κ1) is 19.8. The van der Waals surface area contributed by atoms with Crippen LogP contribution < -0.4 is 5.73 Å². The third kappa shape index (κ3) is 4.18. The molecule has 7 heteroatoms. The van der Waals surface area contributed by atoms with Gasteiger partial charge in [0, 0.05) is 13.1 Å². The summed E-state index contributed by atoms with van der Waals surface area (Å²) in [6.07, 6.45) is -3.56. The Kier molecular flexibility index (Phi) is 6.10. The van der Waals surface area contributed by atoms with Crippen molar-refractivity contribution in [2.45, 2.75) is 31.9 Å². The first-order valence-corrected chi connectivity index (χ1v) is 7.33. The van der Waals surface area contributed by atoms with Gasteiger partial charge in [-0.25, -0.2) is 0 Å². The molecule has 1 aromatic carbocycles. The van der Waals surface area contributed by atoms with Gasteiger partial charge in [0.05, 0.1) is 11.0 Å². The van der Waals surface area contributed by atoms with E-state index in [1.807, 2.05) is 0 Å². The van der Waals surface area contributed by atoms with Crippen molar-refractivity contribution >= 4 is 18.3 Å². The Balaban J connectivity index is 0.00000264. The lowest BCUT2D eigenvalue weighted by Gasteiger charge is -2.30. The molecule has 1 saturated heterocycles. The third-order valence-corrected chi connectivity index (χ3v) is 4.35. The largest absolute Gasteiger partial charge is 0.416 e. The molecular weight excluding hydrogens is 329 g/mol. The molecule has 0 saturated carbocycles. The lowest BCUT2D eigenvalue weighted by Crippen LogP contribution is -2.42. The van der Waals surface area contributed by atoms with Crippen molar-refractivity contribution in [3.8, 4) is 0 Å². The molecule has 1 heterocycles. The minimum atomic E-state index is -4.41. The molecule has 0 radical (unpaired) electrons. The summed E-state index contributed by atoms with van der Waals surface area (Å²) in [5.41, 5.74) is 4.27. The number of nitrogens with two attached hydrogens (primary N) is 1. The van der Waals surface area contributed by atoms with E-state index in [-0.39, 0.29) is 24.2 Å². The van der Waals surface area contributed by atoms with E-state index in [0.29, 0.717) is 25.2 Å². The van der Waals surface area contributed by atoms with Crippen molar-refractivity contribution in [1.29, 1.82) is 0 Å². The van der Waals surface area contributed by atoms with Crippen LogP contribution in [0.2, 0.25) is 0 Å². The number of hydrogen-bond acceptors (Lipinski definition) is 2. The number of rotatable bonds is 3. The zero-order valence-corrected chi connectivity index (χ0v) is 14.0. The molecule has 2 N–H and O–H groups in total. The summed E-state index contributed by atoms with van der Waals surface area (Å²) >= 11 is 0. The number of benzene rings is 1. The Labute approximate surface area is 140 Å². The maximum Gasteiger partial charge on any atom is 0.416 e. The van der Waals surface area contributed by atoms with E-state index >= 15 is 0 Å². The molecule has 1 amide bonds. The number of carbonyl (C=O) groups excluding carboxylic acids is 1. The summed E-state index contributed by atoms with van der Waals surface area (Å²) in [5, 5.41) is 0. The second-order valence-corrected chi connectivity index (χ2v) is 6.35. The second-order valence-electron chi connectivity index (χ2n) is 6.35. The van der Waals surface area contributed by atoms with Crippen molar-refractivity contribution in [3.63, 3.8) is 0 Å². The number of nitrogens with zero attached hydrogens (tertiary/aromatic N) is 1. The monoisotopic (exact) mass is 350 g/mol. The Hall–Kier alpha value is -1.27. The van der Waals surface area contributed by atoms with E-state index in [9.17, 15) is 18.0 Å². The van der Waals surface area contributed by atoms with Gasteiger partial charge in [0.15, 0.2) is 0 Å². The van der Waals surface area contributed by atoms with E-state index in [0.717, 1.165) is 18.6 Å². The van der Waals surface area contributed by atoms with E-state index in [2.05, 4.69) is 0 Å². The first-order valence-electron chi connectivity index (χ1n) is 7.33. The highest BCUT2D eigenvalue weighted by Gasteiger charge is 2.38. The zero-order chi connectivity index (χ0) is 16.5. The van der Waals surface area contributed by atoms with Gasteiger partial charge in [-0.2, -0.15) is 13.2 Å². The Morgan fingerprint density at radius 3 is 2.43 bits per heavy atom. The maximum atomic E-state index is 12.8. The van der Waals surface area contributed by atoms with Gasteiger partial charge in [-0.05, 0) is 44.4 Å². The van der Waals surface area contributed by atoms with E-state index in [4.69, 9.17) is 5.73 Å². The number of hydrogen-bond donors (Lipinski definition) is 1. The van der Waals surface area contributed by atoms with Crippen molar-refractivity contribution in [3.05, 3.63) is 35.4 Å². The molecule has 130 valence electrons. The van der Waals surface area contributed by atoms with Crippen molar-refractivity contribution in [2.75, 3.05) is 19.6 Å². The van der Waals surface area contributed by atoms with Crippen molar-refractivity contribution < 1.29 is 18.0 Å². The second kappa shape index (κ2) is 7.09. The van der Waals surface area contributed by atoms with Gasteiger partial charge >= 0.3 is 6.18 Å². The highest BCUT2D eigenvalue weighted by atomic mass is 35.5. The standard InChI is InChI=1S/C16H21F3N2O.ClH/c1-15(2,14(22)21-7-6-11(9-20)10-21)12-4-3-5-13(8-12)16(17,18)19;/h3-5,8,11H,6-7,9-10,20H2,1-2H3;1H. The van der Waals surface area contributed by atoms with Crippen LogP contribution in [0.15, 0.2) is 24.3 Å². The molecule has 1 unspecified atom stereocenters. The van der Waals surface area contributed by atoms with Gasteiger partial charge in [0.2, 0.25) is 5.91 Å². The minimum absolute atomic E-state index is 0. The Morgan fingerprint density at radius 1 is 1.30 bits per heavy atom. The van der Waals surface area contributed by atoms with Crippen LogP contribution >= 0.6 is 12.4 Å². The van der Waals surface area contributed by atoms with E-state index in [1.165, 1.54) is 6.07 Å². The summed E-state index contributed by atoms with van der Waals surface area (Å²) in [7, 11) is 0. The fourth-order valence-corrected chi connectivity index (χ4v) is 2.81. The fourth-order valence-electron chi connectivity index (χ4n) is 2.81. The van der Waals surface area contributed by atoms with Gasteiger partial charge in [0.1, 0.15) is 0 Å². The number of amides is 1. The molecule has 23 heavy (non-hydrogen) atoms. The Bertz CT molecular complexity index is 561. The quantitative estimate of drug-likeness (QED) is 0.909. The van der Waals surface area contributed by atoms with Crippen LogP contribution in [-0.2, 0) is 16.4 Å². The Morgan fingerprint density at radius 2 is 1.91 bits per heavy atom. The maximum absolute atomic E-state index is 12.8. The predicted molar refractivity (Wildman–Crippen MR) is 85.5 cm³/mol. The molecule has 1 atom stereocenters.